The van der Waals surface area contributed by atoms with E-state index in [9.17, 15) is 0 Å². The van der Waals surface area contributed by atoms with Crippen LogP contribution in [0.2, 0.25) is 5.02 Å². The second-order valence-electron chi connectivity index (χ2n) is 6.32. The van der Waals surface area contributed by atoms with Crippen molar-refractivity contribution in [3.8, 4) is 0 Å². The summed E-state index contributed by atoms with van der Waals surface area (Å²) in [5.41, 5.74) is 4.21. The number of nitrogens with one attached hydrogen (secondary N) is 1. The molecule has 0 saturated heterocycles. The van der Waals surface area contributed by atoms with Gasteiger partial charge in [-0.05, 0) is 47.6 Å². The summed E-state index contributed by atoms with van der Waals surface area (Å²) in [5.74, 6) is 0. The van der Waals surface area contributed by atoms with E-state index in [1.54, 1.807) is 0 Å². The SMILES string of the molecule is S=C(Nc1ccccc1)N1N=C(c2ccccc2)C[C@H]1c1ccc(Cl)cc1. The Morgan fingerprint density at radius 1 is 0.926 bits per heavy atom. The van der Waals surface area contributed by atoms with Gasteiger partial charge in [0.2, 0.25) is 0 Å². The largest absolute Gasteiger partial charge is 0.331 e. The van der Waals surface area contributed by atoms with Crippen molar-refractivity contribution in [1.82, 2.24) is 5.01 Å². The number of benzene rings is 3. The molecule has 0 saturated carbocycles. The number of thiocarbonyl (C=S) groups is 1. The van der Waals surface area contributed by atoms with Crippen molar-refractivity contribution in [3.05, 3.63) is 101 Å². The topological polar surface area (TPSA) is 27.6 Å². The van der Waals surface area contributed by atoms with E-state index < -0.39 is 0 Å². The van der Waals surface area contributed by atoms with E-state index >= 15 is 0 Å². The molecule has 27 heavy (non-hydrogen) atoms. The normalized spacial score (nSPS) is 16.1. The highest BCUT2D eigenvalue weighted by molar-refractivity contribution is 7.80. The van der Waals surface area contributed by atoms with Gasteiger partial charge in [-0.2, -0.15) is 5.10 Å². The van der Waals surface area contributed by atoms with Crippen LogP contribution < -0.4 is 5.32 Å². The molecule has 0 bridgehead atoms. The Kier molecular flexibility index (Phi) is 5.19. The summed E-state index contributed by atoms with van der Waals surface area (Å²) in [6.07, 6.45) is 0.780. The van der Waals surface area contributed by atoms with E-state index in [4.69, 9.17) is 28.9 Å². The molecule has 0 aromatic heterocycles. The van der Waals surface area contributed by atoms with Crippen LogP contribution in [0.1, 0.15) is 23.6 Å². The fourth-order valence-electron chi connectivity index (χ4n) is 3.15. The molecule has 1 atom stereocenters. The third-order valence-electron chi connectivity index (χ3n) is 4.51. The van der Waals surface area contributed by atoms with E-state index in [2.05, 4.69) is 17.4 Å². The predicted octanol–water partition coefficient (Wildman–Crippen LogP) is 5.89. The number of hydrazone groups is 1. The predicted molar refractivity (Wildman–Crippen MR) is 116 cm³/mol. The zero-order chi connectivity index (χ0) is 18.6. The van der Waals surface area contributed by atoms with Crippen molar-refractivity contribution in [2.45, 2.75) is 12.5 Å². The number of nitrogens with zero attached hydrogens (tertiary/aromatic N) is 2. The van der Waals surface area contributed by atoms with Crippen LogP contribution in [-0.2, 0) is 0 Å². The highest BCUT2D eigenvalue weighted by Crippen LogP contribution is 2.33. The summed E-state index contributed by atoms with van der Waals surface area (Å²) >= 11 is 11.8. The average Bonchev–Trinajstić information content (AvgIpc) is 3.16. The lowest BCUT2D eigenvalue weighted by Gasteiger charge is -2.25. The van der Waals surface area contributed by atoms with Gasteiger partial charge in [-0.25, -0.2) is 5.01 Å². The Morgan fingerprint density at radius 2 is 1.56 bits per heavy atom. The summed E-state index contributed by atoms with van der Waals surface area (Å²) in [7, 11) is 0. The van der Waals surface area contributed by atoms with Gasteiger partial charge in [0.15, 0.2) is 5.11 Å². The van der Waals surface area contributed by atoms with Crippen LogP contribution in [0, 0.1) is 0 Å². The second-order valence-corrected chi connectivity index (χ2v) is 7.15. The Hall–Kier alpha value is -2.69. The molecule has 3 aromatic carbocycles. The lowest BCUT2D eigenvalue weighted by Crippen LogP contribution is -2.31. The van der Waals surface area contributed by atoms with Crippen molar-refractivity contribution in [2.75, 3.05) is 5.32 Å². The first-order valence-corrected chi connectivity index (χ1v) is 9.53. The highest BCUT2D eigenvalue weighted by atomic mass is 35.5. The molecule has 1 heterocycles. The summed E-state index contributed by atoms with van der Waals surface area (Å²) < 4.78 is 0. The van der Waals surface area contributed by atoms with Crippen molar-refractivity contribution in [2.24, 2.45) is 5.10 Å². The molecular formula is C22H18ClN3S. The molecule has 0 aliphatic carbocycles. The van der Waals surface area contributed by atoms with Gasteiger partial charge in [0.1, 0.15) is 0 Å². The number of hydrogen-bond donors (Lipinski definition) is 1. The lowest BCUT2D eigenvalue weighted by molar-refractivity contribution is 0.375. The van der Waals surface area contributed by atoms with Crippen molar-refractivity contribution in [1.29, 1.82) is 0 Å². The number of hydrogen-bond acceptors (Lipinski definition) is 2. The molecule has 0 radical (unpaired) electrons. The van der Waals surface area contributed by atoms with Crippen LogP contribution in [0.15, 0.2) is 90.0 Å². The van der Waals surface area contributed by atoms with Gasteiger partial charge >= 0.3 is 0 Å². The minimum Gasteiger partial charge on any atom is -0.331 e. The number of anilines is 1. The molecule has 5 heteroatoms. The molecule has 1 aliphatic rings. The van der Waals surface area contributed by atoms with Gasteiger partial charge in [0.05, 0.1) is 11.8 Å². The van der Waals surface area contributed by atoms with E-state index in [1.165, 1.54) is 0 Å². The molecule has 0 spiro atoms. The summed E-state index contributed by atoms with van der Waals surface area (Å²) in [6, 6.07) is 28.0. The molecule has 0 fully saturated rings. The Bertz CT molecular complexity index is 956. The highest BCUT2D eigenvalue weighted by Gasteiger charge is 2.31. The summed E-state index contributed by atoms with van der Waals surface area (Å²) in [6.45, 7) is 0. The molecule has 3 aromatic rings. The van der Waals surface area contributed by atoms with Gasteiger partial charge in [-0.1, -0.05) is 72.3 Å². The maximum atomic E-state index is 6.07. The first-order chi connectivity index (χ1) is 13.2. The molecule has 3 nitrogen and oxygen atoms in total. The van der Waals surface area contributed by atoms with Gasteiger partial charge in [0.25, 0.3) is 0 Å². The van der Waals surface area contributed by atoms with Gasteiger partial charge < -0.3 is 5.32 Å². The van der Waals surface area contributed by atoms with Crippen LogP contribution in [-0.4, -0.2) is 15.8 Å². The van der Waals surface area contributed by atoms with Crippen LogP contribution >= 0.6 is 23.8 Å². The van der Waals surface area contributed by atoms with Gasteiger partial charge in [-0.15, -0.1) is 0 Å². The zero-order valence-electron chi connectivity index (χ0n) is 14.5. The minimum absolute atomic E-state index is 0.0289. The monoisotopic (exact) mass is 391 g/mol. The molecule has 0 amide bonds. The van der Waals surface area contributed by atoms with Crippen LogP contribution in [0.25, 0.3) is 0 Å². The fourth-order valence-corrected chi connectivity index (χ4v) is 3.56. The van der Waals surface area contributed by atoms with Crippen LogP contribution in [0.5, 0.6) is 0 Å². The quantitative estimate of drug-likeness (QED) is 0.564. The maximum absolute atomic E-state index is 6.07. The molecule has 1 N–H and O–H groups in total. The zero-order valence-corrected chi connectivity index (χ0v) is 16.1. The molecule has 1 aliphatic heterocycles. The molecule has 4 rings (SSSR count). The van der Waals surface area contributed by atoms with E-state index in [0.717, 1.165) is 34.0 Å². The lowest BCUT2D eigenvalue weighted by atomic mass is 9.99. The van der Waals surface area contributed by atoms with E-state index in [-0.39, 0.29) is 6.04 Å². The van der Waals surface area contributed by atoms with Crippen LogP contribution in [0.3, 0.4) is 0 Å². The fraction of sp³-hybridized carbons (Fsp3) is 0.0909. The summed E-state index contributed by atoms with van der Waals surface area (Å²) in [5, 5.41) is 11.3. The summed E-state index contributed by atoms with van der Waals surface area (Å²) in [4.78, 5) is 0. The average molecular weight is 392 g/mol. The third kappa shape index (κ3) is 4.02. The number of rotatable bonds is 3. The molecule has 0 unspecified atom stereocenters. The van der Waals surface area contributed by atoms with Crippen molar-refractivity contribution >= 4 is 40.3 Å². The Morgan fingerprint density at radius 3 is 2.22 bits per heavy atom. The van der Waals surface area contributed by atoms with Crippen molar-refractivity contribution in [3.63, 3.8) is 0 Å². The maximum Gasteiger partial charge on any atom is 0.194 e. The first kappa shape index (κ1) is 17.7. The van der Waals surface area contributed by atoms with E-state index in [0.29, 0.717) is 5.11 Å². The van der Waals surface area contributed by atoms with Crippen LogP contribution in [0.4, 0.5) is 5.69 Å². The number of para-hydroxylation sites is 1. The molecule has 134 valence electrons. The Balaban J connectivity index is 1.65. The second kappa shape index (κ2) is 7.91. The third-order valence-corrected chi connectivity index (χ3v) is 5.05. The van der Waals surface area contributed by atoms with Crippen molar-refractivity contribution < 1.29 is 0 Å². The minimum atomic E-state index is 0.0289. The Labute approximate surface area is 169 Å². The molecular weight excluding hydrogens is 374 g/mol. The van der Waals surface area contributed by atoms with Gasteiger partial charge in [0, 0.05) is 17.1 Å². The smallest absolute Gasteiger partial charge is 0.194 e. The standard InChI is InChI=1S/C22H18ClN3S/c23-18-13-11-17(12-14-18)21-15-20(16-7-3-1-4-8-16)25-26(21)22(27)24-19-9-5-2-6-10-19/h1-14,21H,15H2,(H,24,27)/t21-/m0/s1. The van der Waals surface area contributed by atoms with Gasteiger partial charge in [-0.3, -0.25) is 0 Å². The number of halogens is 1. The van der Waals surface area contributed by atoms with E-state index in [1.807, 2.05) is 77.8 Å². The first-order valence-electron chi connectivity index (χ1n) is 8.74.